The third-order valence-corrected chi connectivity index (χ3v) is 1.68. The van der Waals surface area contributed by atoms with E-state index in [0.717, 1.165) is 32.5 Å². The van der Waals surface area contributed by atoms with Crippen molar-refractivity contribution in [2.75, 3.05) is 19.6 Å². The molecule has 0 saturated carbocycles. The zero-order valence-corrected chi connectivity index (χ0v) is 7.21. The number of H-pyrrole nitrogens is 1. The van der Waals surface area contributed by atoms with E-state index in [1.165, 1.54) is 5.69 Å². The molecule has 1 aromatic rings. The molecule has 0 unspecified atom stereocenters. The molecule has 1 rings (SSSR count). The molecule has 0 bridgehead atoms. The van der Waals surface area contributed by atoms with Gasteiger partial charge in [0.2, 0.25) is 0 Å². The SMILES string of the molecule is NCCCNCCc1cnc[nH]1. The average Bonchev–Trinajstić information content (AvgIpc) is 2.57. The van der Waals surface area contributed by atoms with Gasteiger partial charge in [-0.05, 0) is 19.5 Å². The highest BCUT2D eigenvalue weighted by molar-refractivity contribution is 4.94. The Kier molecular flexibility index (Phi) is 4.41. The molecular weight excluding hydrogens is 152 g/mol. The van der Waals surface area contributed by atoms with Gasteiger partial charge in [0.1, 0.15) is 0 Å². The second kappa shape index (κ2) is 5.74. The highest BCUT2D eigenvalue weighted by Gasteiger charge is 1.91. The zero-order chi connectivity index (χ0) is 8.65. The fraction of sp³-hybridized carbons (Fsp3) is 0.625. The van der Waals surface area contributed by atoms with Gasteiger partial charge < -0.3 is 16.0 Å². The minimum Gasteiger partial charge on any atom is -0.348 e. The van der Waals surface area contributed by atoms with Crippen molar-refractivity contribution in [1.82, 2.24) is 15.3 Å². The number of hydrogen-bond donors (Lipinski definition) is 3. The summed E-state index contributed by atoms with van der Waals surface area (Å²) < 4.78 is 0. The molecule has 0 aromatic carbocycles. The van der Waals surface area contributed by atoms with E-state index in [4.69, 9.17) is 5.73 Å². The molecule has 0 fully saturated rings. The van der Waals surface area contributed by atoms with Gasteiger partial charge in [-0.2, -0.15) is 0 Å². The summed E-state index contributed by atoms with van der Waals surface area (Å²) in [6, 6.07) is 0. The summed E-state index contributed by atoms with van der Waals surface area (Å²) in [6.45, 7) is 2.75. The lowest BCUT2D eigenvalue weighted by Crippen LogP contribution is -2.20. The lowest BCUT2D eigenvalue weighted by molar-refractivity contribution is 0.649. The van der Waals surface area contributed by atoms with Crippen LogP contribution >= 0.6 is 0 Å². The van der Waals surface area contributed by atoms with Crippen molar-refractivity contribution in [3.63, 3.8) is 0 Å². The molecular formula is C8H16N4. The van der Waals surface area contributed by atoms with Gasteiger partial charge >= 0.3 is 0 Å². The van der Waals surface area contributed by atoms with E-state index in [0.29, 0.717) is 0 Å². The molecule has 4 N–H and O–H groups in total. The van der Waals surface area contributed by atoms with Crippen LogP contribution in [0.2, 0.25) is 0 Å². The minimum atomic E-state index is 0.761. The number of nitrogens with zero attached hydrogens (tertiary/aromatic N) is 1. The van der Waals surface area contributed by atoms with Crippen molar-refractivity contribution in [2.45, 2.75) is 12.8 Å². The van der Waals surface area contributed by atoms with Crippen molar-refractivity contribution >= 4 is 0 Å². The molecule has 4 nitrogen and oxygen atoms in total. The Bertz CT molecular complexity index is 183. The van der Waals surface area contributed by atoms with Crippen LogP contribution in [-0.2, 0) is 6.42 Å². The Morgan fingerprint density at radius 3 is 3.08 bits per heavy atom. The van der Waals surface area contributed by atoms with E-state index in [1.807, 2.05) is 6.20 Å². The highest BCUT2D eigenvalue weighted by Crippen LogP contribution is 1.89. The highest BCUT2D eigenvalue weighted by atomic mass is 14.9. The van der Waals surface area contributed by atoms with Gasteiger partial charge in [0, 0.05) is 24.9 Å². The molecule has 0 aliphatic carbocycles. The van der Waals surface area contributed by atoms with Crippen LogP contribution in [0.25, 0.3) is 0 Å². The normalized spacial score (nSPS) is 10.4. The van der Waals surface area contributed by atoms with Crippen LogP contribution in [0.4, 0.5) is 0 Å². The van der Waals surface area contributed by atoms with Crippen molar-refractivity contribution in [3.05, 3.63) is 18.2 Å². The van der Waals surface area contributed by atoms with E-state index < -0.39 is 0 Å². The van der Waals surface area contributed by atoms with Crippen LogP contribution in [0.3, 0.4) is 0 Å². The summed E-state index contributed by atoms with van der Waals surface area (Å²) in [4.78, 5) is 6.99. The molecule has 0 aliphatic rings. The van der Waals surface area contributed by atoms with Crippen molar-refractivity contribution in [3.8, 4) is 0 Å². The summed E-state index contributed by atoms with van der Waals surface area (Å²) in [5.74, 6) is 0. The second-order valence-electron chi connectivity index (χ2n) is 2.72. The number of hydrogen-bond acceptors (Lipinski definition) is 3. The van der Waals surface area contributed by atoms with Gasteiger partial charge in [0.15, 0.2) is 0 Å². The van der Waals surface area contributed by atoms with Gasteiger partial charge in [0.05, 0.1) is 6.33 Å². The fourth-order valence-electron chi connectivity index (χ4n) is 0.997. The first-order chi connectivity index (χ1) is 5.93. The summed E-state index contributed by atoms with van der Waals surface area (Å²) in [6.07, 6.45) is 5.60. The average molecular weight is 168 g/mol. The number of rotatable bonds is 6. The number of aromatic amines is 1. The third-order valence-electron chi connectivity index (χ3n) is 1.68. The van der Waals surface area contributed by atoms with Gasteiger partial charge in [-0.3, -0.25) is 0 Å². The predicted octanol–water partition coefficient (Wildman–Crippen LogP) is -0.109. The standard InChI is InChI=1S/C8H16N4/c9-3-1-4-10-5-2-8-6-11-7-12-8/h6-7,10H,1-5,9H2,(H,11,12). The minimum absolute atomic E-state index is 0.761. The number of imidazole rings is 1. The van der Waals surface area contributed by atoms with E-state index in [2.05, 4.69) is 15.3 Å². The third kappa shape index (κ3) is 3.50. The van der Waals surface area contributed by atoms with Crippen molar-refractivity contribution < 1.29 is 0 Å². The second-order valence-corrected chi connectivity index (χ2v) is 2.72. The van der Waals surface area contributed by atoms with Gasteiger partial charge in [-0.1, -0.05) is 0 Å². The van der Waals surface area contributed by atoms with Gasteiger partial charge in [-0.25, -0.2) is 4.98 Å². The molecule has 0 atom stereocenters. The van der Waals surface area contributed by atoms with E-state index in [-0.39, 0.29) is 0 Å². The largest absolute Gasteiger partial charge is 0.348 e. The van der Waals surface area contributed by atoms with E-state index in [9.17, 15) is 0 Å². The number of aromatic nitrogens is 2. The lowest BCUT2D eigenvalue weighted by atomic mass is 10.3. The maximum atomic E-state index is 5.35. The maximum absolute atomic E-state index is 5.35. The van der Waals surface area contributed by atoms with Crippen LogP contribution in [0.15, 0.2) is 12.5 Å². The molecule has 0 amide bonds. The Labute approximate surface area is 72.6 Å². The van der Waals surface area contributed by atoms with E-state index >= 15 is 0 Å². The molecule has 68 valence electrons. The maximum Gasteiger partial charge on any atom is 0.0921 e. The molecule has 4 heteroatoms. The van der Waals surface area contributed by atoms with Crippen molar-refractivity contribution in [1.29, 1.82) is 0 Å². The predicted molar refractivity (Wildman–Crippen MR) is 48.8 cm³/mol. The van der Waals surface area contributed by atoms with Crippen LogP contribution in [0.1, 0.15) is 12.1 Å². The number of nitrogens with one attached hydrogen (secondary N) is 2. The molecule has 1 aromatic heterocycles. The van der Waals surface area contributed by atoms with Crippen LogP contribution in [-0.4, -0.2) is 29.6 Å². The summed E-state index contributed by atoms with van der Waals surface area (Å²) in [5, 5.41) is 3.30. The van der Waals surface area contributed by atoms with Crippen LogP contribution in [0.5, 0.6) is 0 Å². The molecule has 12 heavy (non-hydrogen) atoms. The summed E-state index contributed by atoms with van der Waals surface area (Å²) >= 11 is 0. The Hall–Kier alpha value is -0.870. The van der Waals surface area contributed by atoms with Gasteiger partial charge in [-0.15, -0.1) is 0 Å². The molecule has 0 aliphatic heterocycles. The van der Waals surface area contributed by atoms with Crippen LogP contribution in [0, 0.1) is 0 Å². The smallest absolute Gasteiger partial charge is 0.0921 e. The molecule has 0 saturated heterocycles. The van der Waals surface area contributed by atoms with Gasteiger partial charge in [0.25, 0.3) is 0 Å². The van der Waals surface area contributed by atoms with Crippen molar-refractivity contribution in [2.24, 2.45) is 5.73 Å². The first-order valence-electron chi connectivity index (χ1n) is 4.31. The molecule has 0 radical (unpaired) electrons. The Morgan fingerprint density at radius 2 is 2.42 bits per heavy atom. The zero-order valence-electron chi connectivity index (χ0n) is 7.21. The topological polar surface area (TPSA) is 66.7 Å². The summed E-state index contributed by atoms with van der Waals surface area (Å²) in [5.41, 5.74) is 6.53. The monoisotopic (exact) mass is 168 g/mol. The Morgan fingerprint density at radius 1 is 1.50 bits per heavy atom. The first-order valence-corrected chi connectivity index (χ1v) is 4.31. The Balaban J connectivity index is 1.96. The molecule has 1 heterocycles. The quantitative estimate of drug-likeness (QED) is 0.519. The number of nitrogens with two attached hydrogens (primary N) is 1. The van der Waals surface area contributed by atoms with E-state index in [1.54, 1.807) is 6.33 Å². The lowest BCUT2D eigenvalue weighted by Gasteiger charge is -2.01. The fourth-order valence-corrected chi connectivity index (χ4v) is 0.997. The van der Waals surface area contributed by atoms with Crippen LogP contribution < -0.4 is 11.1 Å². The molecule has 0 spiro atoms. The first kappa shape index (κ1) is 9.22. The summed E-state index contributed by atoms with van der Waals surface area (Å²) in [7, 11) is 0.